The third kappa shape index (κ3) is 2.79. The average molecular weight is 354 g/mol. The van der Waals surface area contributed by atoms with Crippen LogP contribution in [0.1, 0.15) is 30.4 Å². The lowest BCUT2D eigenvalue weighted by atomic mass is 10.2. The van der Waals surface area contributed by atoms with Gasteiger partial charge >= 0.3 is 0 Å². The van der Waals surface area contributed by atoms with Crippen molar-refractivity contribution >= 4 is 22.8 Å². The zero-order chi connectivity index (χ0) is 18.3. The second-order valence-electron chi connectivity index (χ2n) is 6.76. The molecule has 0 N–H and O–H groups in total. The highest BCUT2D eigenvalue weighted by molar-refractivity contribution is 5.92. The van der Waals surface area contributed by atoms with E-state index in [1.165, 1.54) is 0 Å². The van der Waals surface area contributed by atoms with Crippen molar-refractivity contribution in [2.75, 3.05) is 31.1 Å². The number of hydrogen-bond donors (Lipinski definition) is 0. The fraction of sp³-hybridized carbons (Fsp3) is 0.471. The molecule has 1 amide bonds. The van der Waals surface area contributed by atoms with Crippen LogP contribution in [0.25, 0.3) is 11.0 Å². The molecule has 4 rings (SSSR count). The maximum Gasteiger partial charge on any atom is 0.274 e. The molecule has 0 bridgehead atoms. The van der Waals surface area contributed by atoms with Crippen molar-refractivity contribution in [1.82, 2.24) is 34.4 Å². The topological polar surface area (TPSA) is 85.0 Å². The molecule has 3 aromatic heterocycles. The Hall–Kier alpha value is -2.97. The summed E-state index contributed by atoms with van der Waals surface area (Å²) in [6.45, 7) is 6.80. The first-order chi connectivity index (χ1) is 12.5. The molecule has 9 heteroatoms. The van der Waals surface area contributed by atoms with E-state index in [1.807, 2.05) is 36.7 Å². The number of anilines is 1. The van der Waals surface area contributed by atoms with Gasteiger partial charge in [0.25, 0.3) is 5.91 Å². The molecule has 0 unspecified atom stereocenters. The van der Waals surface area contributed by atoms with Crippen molar-refractivity contribution in [3.63, 3.8) is 0 Å². The van der Waals surface area contributed by atoms with Crippen molar-refractivity contribution in [3.05, 3.63) is 30.5 Å². The van der Waals surface area contributed by atoms with Gasteiger partial charge in [-0.15, -0.1) is 0 Å². The number of carbonyl (C=O) groups excluding carboxylic acids is 1. The highest BCUT2D eigenvalue weighted by atomic mass is 16.2. The molecule has 1 aliphatic heterocycles. The molecule has 136 valence electrons. The lowest BCUT2D eigenvalue weighted by Gasteiger charge is -2.35. The van der Waals surface area contributed by atoms with E-state index in [-0.39, 0.29) is 11.9 Å². The van der Waals surface area contributed by atoms with Gasteiger partial charge in [-0.3, -0.25) is 14.2 Å². The van der Waals surface area contributed by atoms with Crippen LogP contribution >= 0.6 is 0 Å². The normalized spacial score (nSPS) is 15.2. The van der Waals surface area contributed by atoms with Crippen molar-refractivity contribution < 1.29 is 4.79 Å². The van der Waals surface area contributed by atoms with Crippen LogP contribution in [-0.2, 0) is 7.05 Å². The molecule has 1 aliphatic rings. The van der Waals surface area contributed by atoms with Gasteiger partial charge in [-0.1, -0.05) is 0 Å². The van der Waals surface area contributed by atoms with Crippen LogP contribution in [0.4, 0.5) is 5.82 Å². The quantitative estimate of drug-likeness (QED) is 0.700. The fourth-order valence-electron chi connectivity index (χ4n) is 3.22. The van der Waals surface area contributed by atoms with Gasteiger partial charge in [-0.2, -0.15) is 10.2 Å². The van der Waals surface area contributed by atoms with E-state index in [4.69, 9.17) is 0 Å². The summed E-state index contributed by atoms with van der Waals surface area (Å²) in [5.41, 5.74) is 1.32. The first-order valence-corrected chi connectivity index (χ1v) is 8.76. The van der Waals surface area contributed by atoms with Crippen molar-refractivity contribution in [2.45, 2.75) is 19.9 Å². The molecule has 0 radical (unpaired) electrons. The average Bonchev–Trinajstić information content (AvgIpc) is 3.29. The predicted octanol–water partition coefficient (Wildman–Crippen LogP) is 1.10. The molecule has 0 aromatic carbocycles. The van der Waals surface area contributed by atoms with Gasteiger partial charge in [-0.05, 0) is 19.9 Å². The smallest absolute Gasteiger partial charge is 0.274 e. The molecule has 0 spiro atoms. The van der Waals surface area contributed by atoms with Gasteiger partial charge in [0.15, 0.2) is 5.65 Å². The highest BCUT2D eigenvalue weighted by Crippen LogP contribution is 2.23. The molecule has 3 aromatic rings. The molecule has 1 saturated heterocycles. The van der Waals surface area contributed by atoms with Gasteiger partial charge in [-0.25, -0.2) is 9.97 Å². The number of aryl methyl sites for hydroxylation is 1. The Bertz CT molecular complexity index is 935. The number of rotatable bonds is 3. The van der Waals surface area contributed by atoms with E-state index in [1.54, 1.807) is 23.3 Å². The lowest BCUT2D eigenvalue weighted by Crippen LogP contribution is -2.49. The van der Waals surface area contributed by atoms with Gasteiger partial charge < -0.3 is 9.80 Å². The predicted molar refractivity (Wildman–Crippen MR) is 97.0 cm³/mol. The minimum atomic E-state index is -0.0155. The van der Waals surface area contributed by atoms with Crippen LogP contribution < -0.4 is 4.90 Å². The number of piperazine rings is 1. The number of nitrogens with zero attached hydrogens (tertiary/aromatic N) is 8. The minimum absolute atomic E-state index is 0.0155. The summed E-state index contributed by atoms with van der Waals surface area (Å²) in [5, 5.41) is 9.58. The number of aromatic nitrogens is 6. The highest BCUT2D eigenvalue weighted by Gasteiger charge is 2.25. The number of fused-ring (bicyclic) bond motifs is 1. The zero-order valence-electron chi connectivity index (χ0n) is 15.2. The maximum atomic E-state index is 12.7. The van der Waals surface area contributed by atoms with Crippen LogP contribution in [0.2, 0.25) is 0 Å². The van der Waals surface area contributed by atoms with Gasteiger partial charge in [0.1, 0.15) is 17.8 Å². The maximum absolute atomic E-state index is 12.7. The van der Waals surface area contributed by atoms with E-state index >= 15 is 0 Å². The third-order valence-corrected chi connectivity index (χ3v) is 4.73. The molecule has 1 fully saturated rings. The van der Waals surface area contributed by atoms with E-state index < -0.39 is 0 Å². The molecule has 0 saturated carbocycles. The molecule has 4 heterocycles. The Morgan fingerprint density at radius 3 is 2.62 bits per heavy atom. The Morgan fingerprint density at radius 2 is 1.92 bits per heavy atom. The molecule has 9 nitrogen and oxygen atoms in total. The van der Waals surface area contributed by atoms with Crippen LogP contribution in [0.5, 0.6) is 0 Å². The minimum Gasteiger partial charge on any atom is -0.352 e. The van der Waals surface area contributed by atoms with E-state index in [0.717, 1.165) is 29.9 Å². The van der Waals surface area contributed by atoms with Crippen molar-refractivity contribution in [3.8, 4) is 0 Å². The monoisotopic (exact) mass is 354 g/mol. The first kappa shape index (κ1) is 16.5. The van der Waals surface area contributed by atoms with Gasteiger partial charge in [0, 0.05) is 45.5 Å². The largest absolute Gasteiger partial charge is 0.352 e. The van der Waals surface area contributed by atoms with Crippen LogP contribution in [0.15, 0.2) is 24.8 Å². The molecule has 0 atom stereocenters. The standard InChI is InChI=1S/C17H22N8O/c1-12(2)25-5-4-14(21-25)17(26)24-8-6-23(7-9-24)16-13-10-20-22(3)15(13)18-11-19-16/h4-5,10-12H,6-9H2,1-3H3. The van der Waals surface area contributed by atoms with E-state index in [9.17, 15) is 4.79 Å². The van der Waals surface area contributed by atoms with E-state index in [2.05, 4.69) is 25.1 Å². The van der Waals surface area contributed by atoms with Crippen molar-refractivity contribution in [1.29, 1.82) is 0 Å². The van der Waals surface area contributed by atoms with Crippen LogP contribution in [0.3, 0.4) is 0 Å². The van der Waals surface area contributed by atoms with E-state index in [0.29, 0.717) is 18.8 Å². The second-order valence-corrected chi connectivity index (χ2v) is 6.76. The Balaban J connectivity index is 1.47. The summed E-state index contributed by atoms with van der Waals surface area (Å²) < 4.78 is 3.55. The Morgan fingerprint density at radius 1 is 1.15 bits per heavy atom. The Labute approximate surface area is 151 Å². The molecule has 0 aliphatic carbocycles. The van der Waals surface area contributed by atoms with Crippen LogP contribution in [0, 0.1) is 0 Å². The summed E-state index contributed by atoms with van der Waals surface area (Å²) in [7, 11) is 1.87. The van der Waals surface area contributed by atoms with Gasteiger partial charge in [0.2, 0.25) is 0 Å². The van der Waals surface area contributed by atoms with Crippen LogP contribution in [-0.4, -0.2) is 66.5 Å². The van der Waals surface area contributed by atoms with Crippen molar-refractivity contribution in [2.24, 2.45) is 7.05 Å². The number of hydrogen-bond acceptors (Lipinski definition) is 6. The fourth-order valence-corrected chi connectivity index (χ4v) is 3.22. The summed E-state index contributed by atoms with van der Waals surface area (Å²) in [4.78, 5) is 25.4. The SMILES string of the molecule is CC(C)n1ccc(C(=O)N2CCN(c3ncnc4c3cnn4C)CC2)n1. The molecule has 26 heavy (non-hydrogen) atoms. The summed E-state index contributed by atoms with van der Waals surface area (Å²) in [5.74, 6) is 0.859. The number of carbonyl (C=O) groups is 1. The third-order valence-electron chi connectivity index (χ3n) is 4.73. The van der Waals surface area contributed by atoms with Gasteiger partial charge in [0.05, 0.1) is 11.6 Å². The Kier molecular flexibility index (Phi) is 4.06. The number of amides is 1. The summed E-state index contributed by atoms with van der Waals surface area (Å²) >= 11 is 0. The zero-order valence-corrected chi connectivity index (χ0v) is 15.2. The molecular formula is C17H22N8O. The summed E-state index contributed by atoms with van der Waals surface area (Å²) in [6, 6.07) is 2.03. The first-order valence-electron chi connectivity index (χ1n) is 8.76. The summed E-state index contributed by atoms with van der Waals surface area (Å²) in [6.07, 6.45) is 5.21. The molecular weight excluding hydrogens is 332 g/mol. The lowest BCUT2D eigenvalue weighted by molar-refractivity contribution is 0.0739. The second kappa shape index (κ2) is 6.40.